The molecule has 0 saturated heterocycles. The van der Waals surface area contributed by atoms with Gasteiger partial charge in [-0.15, -0.1) is 0 Å². The maximum Gasteiger partial charge on any atom is 0.412 e. The van der Waals surface area contributed by atoms with Gasteiger partial charge in [-0.3, -0.25) is 14.9 Å². The minimum atomic E-state index is -0.599. The fraction of sp³-hybridized carbons (Fsp3) is 0.167. The van der Waals surface area contributed by atoms with E-state index in [0.29, 0.717) is 27.2 Å². The number of nitrogens with one attached hydrogen (secondary N) is 3. The van der Waals surface area contributed by atoms with Crippen molar-refractivity contribution in [2.75, 3.05) is 16.0 Å². The second-order valence-electron chi connectivity index (χ2n) is 8.04. The molecule has 0 fully saturated rings. The van der Waals surface area contributed by atoms with E-state index in [2.05, 4.69) is 36.9 Å². The number of rotatable bonds is 5. The molecule has 33 heavy (non-hydrogen) atoms. The zero-order chi connectivity index (χ0) is 24.0. The number of nitrogens with zero attached hydrogens (tertiary/aromatic N) is 1. The van der Waals surface area contributed by atoms with Crippen LogP contribution in [0.15, 0.2) is 71.3 Å². The molecule has 0 aliphatic rings. The molecule has 0 spiro atoms. The summed E-state index contributed by atoms with van der Waals surface area (Å²) < 4.78 is 5.77. The normalized spacial score (nSPS) is 10.8. The van der Waals surface area contributed by atoms with Gasteiger partial charge in [0.2, 0.25) is 0 Å². The van der Waals surface area contributed by atoms with Crippen LogP contribution in [0.1, 0.15) is 41.6 Å². The number of carbonyl (C=O) groups is 3. The van der Waals surface area contributed by atoms with Gasteiger partial charge in [0.25, 0.3) is 11.8 Å². The second kappa shape index (κ2) is 10.3. The summed E-state index contributed by atoms with van der Waals surface area (Å²) in [7, 11) is 0. The Labute approximate surface area is 199 Å². The van der Waals surface area contributed by atoms with E-state index in [9.17, 15) is 14.4 Å². The minimum Gasteiger partial charge on any atom is -0.444 e. The van der Waals surface area contributed by atoms with Crippen LogP contribution in [-0.2, 0) is 4.74 Å². The van der Waals surface area contributed by atoms with E-state index in [1.165, 1.54) is 0 Å². The summed E-state index contributed by atoms with van der Waals surface area (Å²) in [5.74, 6) is -0.651. The first-order chi connectivity index (χ1) is 15.6. The SMILES string of the molecule is CC(C)(C)OC(=O)Nc1ccc(C(=O)Nc2ccc(NC(=O)c3cccc(Br)n3)cc2)cc1. The number of carbonyl (C=O) groups excluding carboxylic acids is 3. The maximum atomic E-state index is 12.5. The van der Waals surface area contributed by atoms with Crippen LogP contribution in [0.2, 0.25) is 0 Å². The van der Waals surface area contributed by atoms with Crippen molar-refractivity contribution in [1.82, 2.24) is 4.98 Å². The number of anilines is 3. The maximum absolute atomic E-state index is 12.5. The first-order valence-electron chi connectivity index (χ1n) is 10.0. The number of amides is 3. The summed E-state index contributed by atoms with van der Waals surface area (Å²) in [5.41, 5.74) is 1.75. The van der Waals surface area contributed by atoms with Gasteiger partial charge in [-0.05, 0) is 97.4 Å². The van der Waals surface area contributed by atoms with Crippen molar-refractivity contribution in [3.05, 3.63) is 82.6 Å². The highest BCUT2D eigenvalue weighted by Gasteiger charge is 2.16. The first kappa shape index (κ1) is 23.9. The molecule has 3 amide bonds. The molecular weight excluding hydrogens is 488 g/mol. The third kappa shape index (κ3) is 7.43. The molecule has 170 valence electrons. The van der Waals surface area contributed by atoms with E-state index in [1.54, 1.807) is 87.5 Å². The molecule has 1 aromatic heterocycles. The molecule has 3 rings (SSSR count). The van der Waals surface area contributed by atoms with E-state index in [4.69, 9.17) is 4.74 Å². The van der Waals surface area contributed by atoms with Crippen LogP contribution in [0.4, 0.5) is 21.9 Å². The predicted molar refractivity (Wildman–Crippen MR) is 131 cm³/mol. The summed E-state index contributed by atoms with van der Waals surface area (Å²) in [4.78, 5) is 40.7. The highest BCUT2D eigenvalue weighted by atomic mass is 79.9. The van der Waals surface area contributed by atoms with Crippen LogP contribution < -0.4 is 16.0 Å². The van der Waals surface area contributed by atoms with Gasteiger partial charge in [0.1, 0.15) is 15.9 Å². The highest BCUT2D eigenvalue weighted by molar-refractivity contribution is 9.10. The lowest BCUT2D eigenvalue weighted by molar-refractivity contribution is 0.0635. The van der Waals surface area contributed by atoms with E-state index >= 15 is 0 Å². The summed E-state index contributed by atoms with van der Waals surface area (Å²) in [6.45, 7) is 5.33. The monoisotopic (exact) mass is 510 g/mol. The van der Waals surface area contributed by atoms with E-state index in [-0.39, 0.29) is 17.5 Å². The molecule has 0 bridgehead atoms. The number of pyridine rings is 1. The summed E-state index contributed by atoms with van der Waals surface area (Å²) in [5, 5.41) is 8.16. The third-order valence-electron chi connectivity index (χ3n) is 4.14. The Morgan fingerprint density at radius 1 is 0.758 bits per heavy atom. The molecule has 3 N–H and O–H groups in total. The van der Waals surface area contributed by atoms with Gasteiger partial charge in [0.15, 0.2) is 0 Å². The zero-order valence-corrected chi connectivity index (χ0v) is 19.9. The van der Waals surface area contributed by atoms with Crippen LogP contribution in [0, 0.1) is 0 Å². The van der Waals surface area contributed by atoms with Gasteiger partial charge in [-0.1, -0.05) is 6.07 Å². The van der Waals surface area contributed by atoms with Gasteiger partial charge in [-0.2, -0.15) is 0 Å². The number of aromatic nitrogens is 1. The van der Waals surface area contributed by atoms with Crippen molar-refractivity contribution in [3.63, 3.8) is 0 Å². The van der Waals surface area contributed by atoms with E-state index in [0.717, 1.165) is 0 Å². The zero-order valence-electron chi connectivity index (χ0n) is 18.3. The Hall–Kier alpha value is -3.72. The van der Waals surface area contributed by atoms with Crippen molar-refractivity contribution in [1.29, 1.82) is 0 Å². The quantitative estimate of drug-likeness (QED) is 0.381. The fourth-order valence-corrected chi connectivity index (χ4v) is 3.04. The Morgan fingerprint density at radius 3 is 1.82 bits per heavy atom. The van der Waals surface area contributed by atoms with Gasteiger partial charge in [0, 0.05) is 22.6 Å². The van der Waals surface area contributed by atoms with E-state index in [1.807, 2.05) is 0 Å². The molecule has 0 aliphatic heterocycles. The number of benzene rings is 2. The smallest absolute Gasteiger partial charge is 0.412 e. The summed E-state index contributed by atoms with van der Waals surface area (Å²) in [6, 6.07) is 18.2. The van der Waals surface area contributed by atoms with Crippen LogP contribution >= 0.6 is 15.9 Å². The lowest BCUT2D eigenvalue weighted by Crippen LogP contribution is -2.27. The topological polar surface area (TPSA) is 109 Å². The standard InChI is InChI=1S/C24H23BrN4O4/c1-24(2,3)33-23(32)28-18-9-7-15(8-10-18)21(30)26-16-11-13-17(14-12-16)27-22(31)19-5-4-6-20(25)29-19/h4-14H,1-3H3,(H,26,30)(H,27,31)(H,28,32). The van der Waals surface area contributed by atoms with E-state index < -0.39 is 11.7 Å². The van der Waals surface area contributed by atoms with Crippen molar-refractivity contribution < 1.29 is 19.1 Å². The van der Waals surface area contributed by atoms with Gasteiger partial charge >= 0.3 is 6.09 Å². The first-order valence-corrected chi connectivity index (χ1v) is 10.8. The Morgan fingerprint density at radius 2 is 1.27 bits per heavy atom. The molecule has 0 unspecified atom stereocenters. The van der Waals surface area contributed by atoms with Crippen molar-refractivity contribution in [3.8, 4) is 0 Å². The molecule has 3 aromatic rings. The highest BCUT2D eigenvalue weighted by Crippen LogP contribution is 2.17. The number of halogens is 1. The molecule has 0 radical (unpaired) electrons. The average molecular weight is 511 g/mol. The minimum absolute atomic E-state index is 0.284. The number of ether oxygens (including phenoxy) is 1. The molecule has 8 nitrogen and oxygen atoms in total. The van der Waals surface area contributed by atoms with Crippen LogP contribution in [-0.4, -0.2) is 28.5 Å². The van der Waals surface area contributed by atoms with Crippen molar-refractivity contribution in [2.45, 2.75) is 26.4 Å². The van der Waals surface area contributed by atoms with Crippen molar-refractivity contribution >= 4 is 50.9 Å². The predicted octanol–water partition coefficient (Wildman–Crippen LogP) is 5.70. The lowest BCUT2D eigenvalue weighted by Gasteiger charge is -2.19. The van der Waals surface area contributed by atoms with Crippen molar-refractivity contribution in [2.24, 2.45) is 0 Å². The summed E-state index contributed by atoms with van der Waals surface area (Å²) >= 11 is 3.24. The van der Waals surface area contributed by atoms with Crippen LogP contribution in [0.25, 0.3) is 0 Å². The number of hydrogen-bond donors (Lipinski definition) is 3. The second-order valence-corrected chi connectivity index (χ2v) is 8.85. The largest absolute Gasteiger partial charge is 0.444 e. The van der Waals surface area contributed by atoms with Gasteiger partial charge in [-0.25, -0.2) is 9.78 Å². The Kier molecular flexibility index (Phi) is 7.44. The average Bonchev–Trinajstić information content (AvgIpc) is 2.74. The molecule has 9 heteroatoms. The lowest BCUT2D eigenvalue weighted by atomic mass is 10.2. The molecular formula is C24H23BrN4O4. The third-order valence-corrected chi connectivity index (χ3v) is 4.58. The molecule has 2 aromatic carbocycles. The fourth-order valence-electron chi connectivity index (χ4n) is 2.70. The molecule has 0 aliphatic carbocycles. The van der Waals surface area contributed by atoms with Gasteiger partial charge < -0.3 is 15.4 Å². The number of hydrogen-bond acceptors (Lipinski definition) is 5. The van der Waals surface area contributed by atoms with Crippen LogP contribution in [0.3, 0.4) is 0 Å². The summed E-state index contributed by atoms with van der Waals surface area (Å²) in [6.07, 6.45) is -0.567. The molecule has 0 saturated carbocycles. The Bertz CT molecular complexity index is 1160. The molecule has 0 atom stereocenters. The van der Waals surface area contributed by atoms with Gasteiger partial charge in [0.05, 0.1) is 0 Å². The van der Waals surface area contributed by atoms with Crippen LogP contribution in [0.5, 0.6) is 0 Å². The Balaban J connectivity index is 1.56. The molecule has 1 heterocycles.